The maximum absolute atomic E-state index is 12.7. The number of alkyl halides is 3. The highest BCUT2D eigenvalue weighted by molar-refractivity contribution is 7.17. The lowest BCUT2D eigenvalue weighted by molar-refractivity contribution is -0.137. The molecule has 0 bridgehead atoms. The van der Waals surface area contributed by atoms with Crippen LogP contribution in [0.1, 0.15) is 34.8 Å². The number of hydrogen-bond acceptors (Lipinski definition) is 3. The van der Waals surface area contributed by atoms with Crippen molar-refractivity contribution in [2.75, 3.05) is 13.1 Å². The van der Waals surface area contributed by atoms with Gasteiger partial charge in [-0.25, -0.2) is 4.98 Å². The zero-order valence-electron chi connectivity index (χ0n) is 14.3. The van der Waals surface area contributed by atoms with Crippen LogP contribution < -0.4 is 0 Å². The third kappa shape index (κ3) is 4.48. The summed E-state index contributed by atoms with van der Waals surface area (Å²) in [6, 6.07) is 4.79. The summed E-state index contributed by atoms with van der Waals surface area (Å²) in [5.74, 6) is -0.140. The number of carbonyl (C=O) groups is 1. The monoisotopic (exact) mass is 368 g/mol. The number of aromatic nitrogens is 1. The van der Waals surface area contributed by atoms with E-state index >= 15 is 0 Å². The van der Waals surface area contributed by atoms with E-state index in [1.165, 1.54) is 23.5 Å². The molecule has 1 aromatic carbocycles. The van der Waals surface area contributed by atoms with Crippen LogP contribution in [0.2, 0.25) is 0 Å². The van der Waals surface area contributed by atoms with E-state index in [1.54, 1.807) is 11.8 Å². The molecule has 134 valence electrons. The summed E-state index contributed by atoms with van der Waals surface area (Å²) >= 11 is 1.19. The molecule has 3 nitrogen and oxygen atoms in total. The molecule has 0 radical (unpaired) electrons. The van der Waals surface area contributed by atoms with E-state index in [9.17, 15) is 18.0 Å². The summed E-state index contributed by atoms with van der Waals surface area (Å²) < 4.78 is 38.0. The smallest absolute Gasteiger partial charge is 0.334 e. The summed E-state index contributed by atoms with van der Waals surface area (Å²) in [5, 5.41) is 0.529. The summed E-state index contributed by atoms with van der Waals surface area (Å²) in [4.78, 5) is 19.2. The van der Waals surface area contributed by atoms with Crippen LogP contribution in [0.25, 0.3) is 10.6 Å². The second-order valence-corrected chi connectivity index (χ2v) is 6.78. The van der Waals surface area contributed by atoms with Crippen LogP contribution in [-0.2, 0) is 6.18 Å². The number of aryl methyl sites for hydroxylation is 1. The minimum absolute atomic E-state index is 0.140. The number of hydrogen-bond donors (Lipinski definition) is 0. The van der Waals surface area contributed by atoms with Gasteiger partial charge >= 0.3 is 6.18 Å². The lowest BCUT2D eigenvalue weighted by Crippen LogP contribution is -2.32. The Labute approximate surface area is 148 Å². The number of nitrogens with zero attached hydrogens (tertiary/aromatic N) is 2. The van der Waals surface area contributed by atoms with E-state index in [1.807, 2.05) is 13.8 Å². The topological polar surface area (TPSA) is 33.2 Å². The molecule has 2 rings (SSSR count). The average Bonchev–Trinajstić information content (AvgIpc) is 2.93. The normalized spacial score (nSPS) is 11.4. The maximum Gasteiger partial charge on any atom is 0.416 e. The molecule has 7 heteroatoms. The fraction of sp³-hybridized carbons (Fsp3) is 0.333. The Kier molecular flexibility index (Phi) is 5.67. The molecule has 0 aliphatic carbocycles. The van der Waals surface area contributed by atoms with E-state index in [-0.39, 0.29) is 5.91 Å². The van der Waals surface area contributed by atoms with Gasteiger partial charge in [-0.05, 0) is 32.9 Å². The fourth-order valence-electron chi connectivity index (χ4n) is 2.32. The van der Waals surface area contributed by atoms with Crippen molar-refractivity contribution in [1.82, 2.24) is 9.88 Å². The van der Waals surface area contributed by atoms with Gasteiger partial charge in [0.25, 0.3) is 5.91 Å². The predicted octanol–water partition coefficient (Wildman–Crippen LogP) is 5.18. The van der Waals surface area contributed by atoms with Gasteiger partial charge in [0.1, 0.15) is 9.88 Å². The third-order valence-corrected chi connectivity index (χ3v) is 4.77. The molecule has 25 heavy (non-hydrogen) atoms. The minimum Gasteiger partial charge on any atom is -0.334 e. The molecule has 1 heterocycles. The SMILES string of the molecule is C=C(C)CN(CC)C(=O)c1sc(-c2ccc(C(F)(F)F)cc2)nc1C. The Morgan fingerprint density at radius 2 is 1.88 bits per heavy atom. The summed E-state index contributed by atoms with van der Waals surface area (Å²) in [6.07, 6.45) is -4.37. The van der Waals surface area contributed by atoms with E-state index < -0.39 is 11.7 Å². The van der Waals surface area contributed by atoms with Crippen LogP contribution >= 0.6 is 11.3 Å². The molecule has 0 atom stereocenters. The van der Waals surface area contributed by atoms with E-state index in [2.05, 4.69) is 11.6 Å². The zero-order chi connectivity index (χ0) is 18.8. The Morgan fingerprint density at radius 3 is 2.36 bits per heavy atom. The first-order valence-electron chi connectivity index (χ1n) is 7.72. The minimum atomic E-state index is -4.37. The number of carbonyl (C=O) groups excluding carboxylic acids is 1. The van der Waals surface area contributed by atoms with Crippen molar-refractivity contribution >= 4 is 17.2 Å². The fourth-order valence-corrected chi connectivity index (χ4v) is 3.36. The van der Waals surface area contributed by atoms with Crippen molar-refractivity contribution in [2.24, 2.45) is 0 Å². The summed E-state index contributed by atoms with van der Waals surface area (Å²) in [6.45, 7) is 10.3. The molecule has 1 amide bonds. The highest BCUT2D eigenvalue weighted by Crippen LogP contribution is 2.33. The van der Waals surface area contributed by atoms with Gasteiger partial charge in [-0.3, -0.25) is 4.79 Å². The molecule has 0 aliphatic heterocycles. The van der Waals surface area contributed by atoms with Crippen LogP contribution in [0.5, 0.6) is 0 Å². The van der Waals surface area contributed by atoms with Gasteiger partial charge in [-0.1, -0.05) is 24.3 Å². The average molecular weight is 368 g/mol. The highest BCUT2D eigenvalue weighted by Gasteiger charge is 2.30. The molecule has 0 saturated carbocycles. The van der Waals surface area contributed by atoms with Crippen molar-refractivity contribution in [1.29, 1.82) is 0 Å². The van der Waals surface area contributed by atoms with Gasteiger partial charge in [-0.15, -0.1) is 11.3 Å². The molecule has 0 spiro atoms. The lowest BCUT2D eigenvalue weighted by atomic mass is 10.1. The molecule has 0 N–H and O–H groups in total. The first-order chi connectivity index (χ1) is 11.6. The molecule has 2 aromatic rings. The standard InChI is InChI=1S/C18H19F3N2OS/c1-5-23(10-11(2)3)17(24)15-12(4)22-16(25-15)13-6-8-14(9-7-13)18(19,20)21/h6-9H,2,5,10H2,1,3-4H3. The Morgan fingerprint density at radius 1 is 1.28 bits per heavy atom. The number of benzene rings is 1. The van der Waals surface area contributed by atoms with Crippen LogP contribution in [0.4, 0.5) is 13.2 Å². The van der Waals surface area contributed by atoms with Gasteiger partial charge in [0.15, 0.2) is 0 Å². The first-order valence-corrected chi connectivity index (χ1v) is 8.53. The molecule has 0 saturated heterocycles. The summed E-state index contributed by atoms with van der Waals surface area (Å²) in [5.41, 5.74) is 1.30. The maximum atomic E-state index is 12.7. The van der Waals surface area contributed by atoms with Crippen molar-refractivity contribution in [3.8, 4) is 10.6 Å². The molecule has 0 fully saturated rings. The second-order valence-electron chi connectivity index (χ2n) is 5.79. The number of thiazole rings is 1. The van der Waals surface area contributed by atoms with Crippen molar-refractivity contribution in [3.05, 3.63) is 52.6 Å². The largest absolute Gasteiger partial charge is 0.416 e. The quantitative estimate of drug-likeness (QED) is 0.682. The van der Waals surface area contributed by atoms with Gasteiger partial charge in [0, 0.05) is 18.7 Å². The number of likely N-dealkylation sites (N-methyl/N-ethyl adjacent to an activating group) is 1. The van der Waals surface area contributed by atoms with Gasteiger partial charge in [0.2, 0.25) is 0 Å². The van der Waals surface area contributed by atoms with Crippen LogP contribution in [0.15, 0.2) is 36.4 Å². The second kappa shape index (κ2) is 7.39. The third-order valence-electron chi connectivity index (χ3n) is 3.58. The van der Waals surface area contributed by atoms with Crippen molar-refractivity contribution in [2.45, 2.75) is 26.9 Å². The Hall–Kier alpha value is -2.15. The van der Waals surface area contributed by atoms with Crippen LogP contribution in [-0.4, -0.2) is 28.9 Å². The predicted molar refractivity (Wildman–Crippen MR) is 93.7 cm³/mol. The number of amides is 1. The summed E-state index contributed by atoms with van der Waals surface area (Å²) in [7, 11) is 0. The zero-order valence-corrected chi connectivity index (χ0v) is 15.1. The van der Waals surface area contributed by atoms with Crippen molar-refractivity contribution in [3.63, 3.8) is 0 Å². The molecular formula is C18H19F3N2OS. The molecule has 1 aromatic heterocycles. The first kappa shape index (κ1) is 19.2. The van der Waals surface area contributed by atoms with E-state index in [0.717, 1.165) is 17.7 Å². The molecule has 0 aliphatic rings. The van der Waals surface area contributed by atoms with Gasteiger partial charge in [0.05, 0.1) is 11.3 Å². The van der Waals surface area contributed by atoms with Gasteiger partial charge in [-0.2, -0.15) is 13.2 Å². The number of halogens is 3. The van der Waals surface area contributed by atoms with Crippen LogP contribution in [0, 0.1) is 6.92 Å². The Balaban J connectivity index is 2.30. The van der Waals surface area contributed by atoms with E-state index in [4.69, 9.17) is 0 Å². The van der Waals surface area contributed by atoms with E-state index in [0.29, 0.717) is 34.2 Å². The Bertz CT molecular complexity index is 779. The van der Waals surface area contributed by atoms with Crippen LogP contribution in [0.3, 0.4) is 0 Å². The highest BCUT2D eigenvalue weighted by atomic mass is 32.1. The van der Waals surface area contributed by atoms with Gasteiger partial charge < -0.3 is 4.90 Å². The molecule has 0 unspecified atom stereocenters. The molecular weight excluding hydrogens is 349 g/mol. The number of rotatable bonds is 5. The van der Waals surface area contributed by atoms with Crippen molar-refractivity contribution < 1.29 is 18.0 Å². The lowest BCUT2D eigenvalue weighted by Gasteiger charge is -2.20.